The molecule has 2 aromatic rings. The van der Waals surface area contributed by atoms with Crippen LogP contribution in [0.15, 0.2) is 35.6 Å². The fraction of sp³-hybridized carbons (Fsp3) is 0.167. The number of carbonyl (C=O) groups excluding carboxylic acids is 4. The Bertz CT molecular complexity index is 1390. The maximum Gasteiger partial charge on any atom is 0.234 e. The summed E-state index contributed by atoms with van der Waals surface area (Å²) in [6.07, 6.45) is 0.915. The minimum absolute atomic E-state index is 0.0940. The van der Waals surface area contributed by atoms with Gasteiger partial charge in [-0.1, -0.05) is 6.92 Å². The first-order valence-electron chi connectivity index (χ1n) is 9.90. The standard InChI is InChI=1S/C24H18O10/c1-8(17-23(31)18-10(21(29)24(17)32)4-9(25)5-12(18)26)16-14(33-2)6-11-19(22(16)30)13(27)7-15(34-3)20(11)28/h4-8,25-26,30-31H,1-3H3. The van der Waals surface area contributed by atoms with Crippen LogP contribution in [0.2, 0.25) is 0 Å². The summed E-state index contributed by atoms with van der Waals surface area (Å²) in [6.45, 7) is 1.37. The van der Waals surface area contributed by atoms with E-state index in [9.17, 15) is 39.6 Å². The molecule has 0 fully saturated rings. The van der Waals surface area contributed by atoms with Crippen LogP contribution in [0.1, 0.15) is 55.0 Å². The van der Waals surface area contributed by atoms with Gasteiger partial charge in [-0.3, -0.25) is 19.2 Å². The second kappa shape index (κ2) is 7.77. The van der Waals surface area contributed by atoms with Crippen LogP contribution in [-0.2, 0) is 9.53 Å². The molecular weight excluding hydrogens is 448 g/mol. The molecule has 1 atom stereocenters. The van der Waals surface area contributed by atoms with Crippen LogP contribution in [0.3, 0.4) is 0 Å². The third-order valence-corrected chi connectivity index (χ3v) is 5.87. The Hall–Kier alpha value is -4.60. The first-order chi connectivity index (χ1) is 16.0. The minimum atomic E-state index is -1.23. The molecule has 0 radical (unpaired) electrons. The molecule has 0 heterocycles. The van der Waals surface area contributed by atoms with E-state index in [2.05, 4.69) is 0 Å². The number of fused-ring (bicyclic) bond motifs is 2. The maximum atomic E-state index is 12.9. The van der Waals surface area contributed by atoms with Crippen LogP contribution >= 0.6 is 0 Å². The summed E-state index contributed by atoms with van der Waals surface area (Å²) >= 11 is 0. The zero-order valence-electron chi connectivity index (χ0n) is 18.1. The highest BCUT2D eigenvalue weighted by Gasteiger charge is 2.41. The summed E-state index contributed by atoms with van der Waals surface area (Å²) < 4.78 is 10.2. The van der Waals surface area contributed by atoms with Gasteiger partial charge in [0, 0.05) is 34.8 Å². The normalized spacial score (nSPS) is 16.1. The minimum Gasteiger partial charge on any atom is -0.508 e. The molecule has 0 saturated heterocycles. The van der Waals surface area contributed by atoms with Crippen LogP contribution < -0.4 is 4.74 Å². The number of ketones is 4. The molecule has 0 saturated carbocycles. The highest BCUT2D eigenvalue weighted by molar-refractivity contribution is 6.52. The molecule has 4 N–H and O–H groups in total. The topological polar surface area (TPSA) is 168 Å². The number of aliphatic hydroxyl groups excluding tert-OH is 1. The Morgan fingerprint density at radius 3 is 2.06 bits per heavy atom. The van der Waals surface area contributed by atoms with Gasteiger partial charge in [0.1, 0.15) is 28.8 Å². The fourth-order valence-corrected chi connectivity index (χ4v) is 4.29. The first kappa shape index (κ1) is 22.6. The summed E-state index contributed by atoms with van der Waals surface area (Å²) in [6, 6.07) is 3.03. The Balaban J connectivity index is 1.98. The van der Waals surface area contributed by atoms with Gasteiger partial charge in [0.2, 0.25) is 17.3 Å². The van der Waals surface area contributed by atoms with Crippen molar-refractivity contribution in [1.29, 1.82) is 0 Å². The van der Waals surface area contributed by atoms with E-state index in [1.165, 1.54) is 27.2 Å². The number of benzene rings is 2. The number of hydrogen-bond donors (Lipinski definition) is 4. The number of hydrogen-bond acceptors (Lipinski definition) is 10. The summed E-state index contributed by atoms with van der Waals surface area (Å²) in [5.41, 5.74) is -1.90. The summed E-state index contributed by atoms with van der Waals surface area (Å²) in [7, 11) is 2.44. The van der Waals surface area contributed by atoms with E-state index in [1.54, 1.807) is 0 Å². The number of phenols is 3. The molecule has 2 aliphatic carbocycles. The number of Topliss-reactive ketones (excluding diaryl/α,β-unsaturated/α-hetero) is 3. The molecule has 0 aliphatic heterocycles. The van der Waals surface area contributed by atoms with E-state index < -0.39 is 63.2 Å². The molecule has 2 aliphatic rings. The summed E-state index contributed by atoms with van der Waals surface area (Å²) in [5, 5.41) is 41.8. The van der Waals surface area contributed by atoms with Gasteiger partial charge in [0.25, 0.3) is 0 Å². The van der Waals surface area contributed by atoms with E-state index in [4.69, 9.17) is 9.47 Å². The molecule has 2 aromatic carbocycles. The van der Waals surface area contributed by atoms with Gasteiger partial charge in [0.05, 0.1) is 30.9 Å². The predicted octanol–water partition coefficient (Wildman–Crippen LogP) is 2.56. The number of ether oxygens (including phenoxy) is 2. The molecule has 0 aromatic heterocycles. The zero-order valence-corrected chi connectivity index (χ0v) is 18.1. The number of rotatable bonds is 4. The lowest BCUT2D eigenvalue weighted by molar-refractivity contribution is -0.112. The van der Waals surface area contributed by atoms with Gasteiger partial charge in [0.15, 0.2) is 11.5 Å². The van der Waals surface area contributed by atoms with Crippen molar-refractivity contribution in [1.82, 2.24) is 0 Å². The van der Waals surface area contributed by atoms with E-state index >= 15 is 0 Å². The second-order valence-corrected chi connectivity index (χ2v) is 7.70. The van der Waals surface area contributed by atoms with Crippen LogP contribution in [0.5, 0.6) is 23.0 Å². The van der Waals surface area contributed by atoms with E-state index in [-0.39, 0.29) is 33.8 Å². The Morgan fingerprint density at radius 1 is 0.794 bits per heavy atom. The number of carbonyl (C=O) groups is 4. The van der Waals surface area contributed by atoms with Gasteiger partial charge < -0.3 is 29.9 Å². The summed E-state index contributed by atoms with van der Waals surface area (Å²) in [4.78, 5) is 50.9. The lowest BCUT2D eigenvalue weighted by Crippen LogP contribution is -2.27. The van der Waals surface area contributed by atoms with Crippen LogP contribution in [-0.4, -0.2) is 57.8 Å². The average Bonchev–Trinajstić information content (AvgIpc) is 2.78. The van der Waals surface area contributed by atoms with Gasteiger partial charge in [-0.25, -0.2) is 0 Å². The number of phenolic OH excluding ortho intramolecular Hbond substituents is 3. The number of methoxy groups -OCH3 is 2. The maximum absolute atomic E-state index is 12.9. The number of aromatic hydroxyl groups is 3. The van der Waals surface area contributed by atoms with Crippen molar-refractivity contribution in [2.45, 2.75) is 12.8 Å². The van der Waals surface area contributed by atoms with Crippen molar-refractivity contribution < 1.29 is 49.1 Å². The Morgan fingerprint density at radius 2 is 1.44 bits per heavy atom. The molecule has 1 unspecified atom stereocenters. The third kappa shape index (κ3) is 3.03. The van der Waals surface area contributed by atoms with Crippen LogP contribution in [0, 0.1) is 0 Å². The highest BCUT2D eigenvalue weighted by atomic mass is 16.5. The lowest BCUT2D eigenvalue weighted by Gasteiger charge is -2.26. The largest absolute Gasteiger partial charge is 0.508 e. The van der Waals surface area contributed by atoms with E-state index in [1.807, 2.05) is 0 Å². The average molecular weight is 466 g/mol. The van der Waals surface area contributed by atoms with Gasteiger partial charge >= 0.3 is 0 Å². The van der Waals surface area contributed by atoms with E-state index in [0.29, 0.717) is 0 Å². The zero-order chi connectivity index (χ0) is 25.1. The molecule has 0 spiro atoms. The van der Waals surface area contributed by atoms with Crippen molar-refractivity contribution in [2.75, 3.05) is 14.2 Å². The van der Waals surface area contributed by atoms with Gasteiger partial charge in [-0.2, -0.15) is 0 Å². The number of aliphatic hydroxyl groups is 1. The van der Waals surface area contributed by atoms with E-state index in [0.717, 1.165) is 18.2 Å². The molecule has 174 valence electrons. The van der Waals surface area contributed by atoms with Crippen molar-refractivity contribution in [3.63, 3.8) is 0 Å². The molecule has 0 amide bonds. The van der Waals surface area contributed by atoms with Crippen molar-refractivity contribution in [3.8, 4) is 23.0 Å². The predicted molar refractivity (Wildman–Crippen MR) is 115 cm³/mol. The Kier molecular flexibility index (Phi) is 5.16. The van der Waals surface area contributed by atoms with Crippen LogP contribution in [0.4, 0.5) is 0 Å². The highest BCUT2D eigenvalue weighted by Crippen LogP contribution is 2.47. The molecule has 4 rings (SSSR count). The SMILES string of the molecule is COC1=CC(=O)c2c(cc(OC)c(C(C)C3=C(O)c4c(O)cc(O)cc4C(=O)C3=O)c2O)C1=O. The third-order valence-electron chi connectivity index (χ3n) is 5.87. The fourth-order valence-electron chi connectivity index (χ4n) is 4.29. The number of allylic oxidation sites excluding steroid dienone is 3. The first-order valence-corrected chi connectivity index (χ1v) is 9.90. The van der Waals surface area contributed by atoms with Crippen molar-refractivity contribution in [2.24, 2.45) is 0 Å². The molecule has 34 heavy (non-hydrogen) atoms. The molecule has 0 bridgehead atoms. The lowest BCUT2D eigenvalue weighted by atomic mass is 9.78. The monoisotopic (exact) mass is 466 g/mol. The Labute approximate surface area is 192 Å². The van der Waals surface area contributed by atoms with Crippen LogP contribution in [0.25, 0.3) is 5.76 Å². The van der Waals surface area contributed by atoms with Crippen molar-refractivity contribution >= 4 is 28.9 Å². The molecule has 10 heteroatoms. The summed E-state index contributed by atoms with van der Waals surface area (Å²) in [5.74, 6) is -7.75. The van der Waals surface area contributed by atoms with Crippen molar-refractivity contribution in [3.05, 3.63) is 63.4 Å². The second-order valence-electron chi connectivity index (χ2n) is 7.70. The van der Waals surface area contributed by atoms with Gasteiger partial charge in [-0.15, -0.1) is 0 Å². The molecular formula is C24H18O10. The van der Waals surface area contributed by atoms with Gasteiger partial charge in [-0.05, 0) is 12.1 Å². The quantitative estimate of drug-likeness (QED) is 0.492. The molecule has 10 nitrogen and oxygen atoms in total. The smallest absolute Gasteiger partial charge is 0.234 e.